The Morgan fingerprint density at radius 2 is 1.02 bits per heavy atom. The number of aromatic nitrogens is 4. The standard InChI is InChI=1S/2C18H18N4O4S.Cr.Na/c2*1-3-27(25,26)14-9-10-15(16(23)11-14)19-20-17-12(2)21-22(18(17)24)13-7-5-4-6-8-13;;/h2*4-11,21,23H,3H2,1-2H3;;/q;;;+1. The molecule has 2 aromatic heterocycles. The molecule has 0 fully saturated rings. The molecule has 0 amide bonds. The van der Waals surface area contributed by atoms with Crippen LogP contribution in [0, 0.1) is 13.8 Å². The van der Waals surface area contributed by atoms with Gasteiger partial charge in [-0.3, -0.25) is 19.8 Å². The molecule has 286 valence electrons. The predicted molar refractivity (Wildman–Crippen MR) is 201 cm³/mol. The Balaban J connectivity index is 0.000000290. The summed E-state index contributed by atoms with van der Waals surface area (Å²) in [5, 5.41) is 41.6. The summed E-state index contributed by atoms with van der Waals surface area (Å²) in [5.41, 5.74) is 1.90. The van der Waals surface area contributed by atoms with Crippen LogP contribution in [0.25, 0.3) is 11.4 Å². The molecule has 0 atom stereocenters. The van der Waals surface area contributed by atoms with Gasteiger partial charge in [-0.25, -0.2) is 26.2 Å². The maximum absolute atomic E-state index is 12.6. The van der Waals surface area contributed by atoms with Gasteiger partial charge in [-0.15, -0.1) is 15.3 Å². The number of nitrogens with one attached hydrogen (secondary N) is 2. The molecule has 16 nitrogen and oxygen atoms in total. The van der Waals surface area contributed by atoms with Gasteiger partial charge in [0, 0.05) is 17.4 Å². The zero-order valence-electron chi connectivity index (χ0n) is 30.9. The smallest absolute Gasteiger partial charge is 0.871 e. The number of hydrogen-bond acceptors (Lipinski definition) is 11. The molecule has 0 aliphatic carbocycles. The van der Waals surface area contributed by atoms with Crippen molar-refractivity contribution in [2.24, 2.45) is 20.5 Å². The fraction of sp³-hybridized carbons (Fsp3) is 0.167. The summed E-state index contributed by atoms with van der Waals surface area (Å²) in [5.74, 6) is -0.807. The van der Waals surface area contributed by atoms with Gasteiger partial charge in [-0.2, -0.15) is 5.11 Å². The first-order valence-electron chi connectivity index (χ1n) is 16.4. The van der Waals surface area contributed by atoms with Gasteiger partial charge in [0.15, 0.2) is 36.7 Å². The van der Waals surface area contributed by atoms with E-state index >= 15 is 0 Å². The van der Waals surface area contributed by atoms with E-state index in [1.807, 2.05) is 24.3 Å². The Labute approximate surface area is 354 Å². The van der Waals surface area contributed by atoms with Gasteiger partial charge in [-0.05, 0) is 68.4 Å². The minimum Gasteiger partial charge on any atom is -0.871 e. The van der Waals surface area contributed by atoms with Gasteiger partial charge < -0.3 is 10.2 Å². The number of rotatable bonds is 10. The molecule has 4 N–H and O–H groups in total. The van der Waals surface area contributed by atoms with Crippen molar-refractivity contribution < 1.29 is 74.0 Å². The molecule has 0 radical (unpaired) electrons. The molecule has 56 heavy (non-hydrogen) atoms. The third-order valence-corrected chi connectivity index (χ3v) is 11.5. The van der Waals surface area contributed by atoms with E-state index in [1.54, 1.807) is 57.2 Å². The Hall–Kier alpha value is -4.87. The Kier molecular flexibility index (Phi) is 15.7. The van der Waals surface area contributed by atoms with Crippen LogP contribution in [-0.2, 0) is 37.0 Å². The fourth-order valence-electron chi connectivity index (χ4n) is 4.94. The van der Waals surface area contributed by atoms with E-state index in [0.29, 0.717) is 22.8 Å². The number of aryl methyl sites for hydroxylation is 2. The second kappa shape index (κ2) is 19.3. The van der Waals surface area contributed by atoms with Crippen LogP contribution in [-0.4, -0.2) is 53.0 Å². The molecule has 0 saturated carbocycles. The Bertz CT molecular complexity index is 2530. The Morgan fingerprint density at radius 1 is 0.625 bits per heavy atom. The van der Waals surface area contributed by atoms with Gasteiger partial charge >= 0.3 is 29.6 Å². The maximum atomic E-state index is 12.6. The molecule has 6 rings (SSSR count). The molecule has 0 bridgehead atoms. The van der Waals surface area contributed by atoms with Crippen molar-refractivity contribution in [3.8, 4) is 22.9 Å². The summed E-state index contributed by atoms with van der Waals surface area (Å²) >= 11 is 0. The van der Waals surface area contributed by atoms with Crippen molar-refractivity contribution in [1.82, 2.24) is 19.6 Å². The molecule has 0 saturated heterocycles. The number of sulfone groups is 2. The minimum absolute atomic E-state index is 0. The van der Waals surface area contributed by atoms with Crippen molar-refractivity contribution in [3.63, 3.8) is 0 Å². The number of aromatic amines is 2. The number of nitrogens with zero attached hydrogens (tertiary/aromatic N) is 6. The van der Waals surface area contributed by atoms with Crippen LogP contribution >= 0.6 is 0 Å². The van der Waals surface area contributed by atoms with Gasteiger partial charge in [0.2, 0.25) is 0 Å². The first kappa shape index (κ1) is 45.5. The molecule has 4 aromatic carbocycles. The number of benzene rings is 4. The second-order valence-electron chi connectivity index (χ2n) is 11.6. The van der Waals surface area contributed by atoms with E-state index in [1.165, 1.54) is 46.6 Å². The van der Waals surface area contributed by atoms with E-state index in [4.69, 9.17) is 5.11 Å². The maximum Gasteiger partial charge on any atom is 1.00 e. The summed E-state index contributed by atoms with van der Waals surface area (Å²) in [4.78, 5) is 25.1. The van der Waals surface area contributed by atoms with Crippen LogP contribution in [0.5, 0.6) is 11.5 Å². The van der Waals surface area contributed by atoms with Crippen molar-refractivity contribution in [2.75, 3.05) is 11.5 Å². The van der Waals surface area contributed by atoms with Crippen LogP contribution < -0.4 is 45.8 Å². The van der Waals surface area contributed by atoms with Gasteiger partial charge in [0.05, 0.1) is 55.8 Å². The zero-order chi connectivity index (χ0) is 39.2. The van der Waals surface area contributed by atoms with Crippen LogP contribution in [0.4, 0.5) is 22.7 Å². The zero-order valence-corrected chi connectivity index (χ0v) is 35.8. The van der Waals surface area contributed by atoms with E-state index < -0.39 is 31.0 Å². The molecule has 6 aromatic rings. The number of para-hydroxylation sites is 2. The number of hydrogen-bond donors (Lipinski definition) is 2. The molecule has 0 aliphatic heterocycles. The second-order valence-corrected chi connectivity index (χ2v) is 16.2. The molecular formula is C36H36CrN8NaO8S2+. The van der Waals surface area contributed by atoms with Crippen LogP contribution in [0.3, 0.4) is 0 Å². The monoisotopic (exact) mass is 847 g/mol. The molecule has 20 heteroatoms. The number of H-pyrrole nitrogens is 2. The molecule has 0 spiro atoms. The van der Waals surface area contributed by atoms with Gasteiger partial charge in [0.1, 0.15) is 0 Å². The third-order valence-electron chi connectivity index (χ3n) is 8.00. The van der Waals surface area contributed by atoms with Crippen LogP contribution in [0.2, 0.25) is 0 Å². The summed E-state index contributed by atoms with van der Waals surface area (Å²) in [6.45, 7) is 6.41. The van der Waals surface area contributed by atoms with E-state index in [0.717, 1.165) is 6.07 Å². The summed E-state index contributed by atoms with van der Waals surface area (Å²) in [6, 6.07) is 25.7. The first-order valence-corrected chi connectivity index (χ1v) is 19.7. The van der Waals surface area contributed by atoms with Crippen molar-refractivity contribution in [3.05, 3.63) is 129 Å². The molecular weight excluding hydrogens is 812 g/mol. The van der Waals surface area contributed by atoms with Crippen molar-refractivity contribution >= 4 is 42.4 Å². The molecule has 2 heterocycles. The van der Waals surface area contributed by atoms with Crippen molar-refractivity contribution in [1.29, 1.82) is 0 Å². The first-order chi connectivity index (χ1) is 25.7. The largest absolute Gasteiger partial charge is 1.00 e. The predicted octanol–water partition coefficient (Wildman–Crippen LogP) is 2.88. The van der Waals surface area contributed by atoms with E-state index in [-0.39, 0.29) is 102 Å². The van der Waals surface area contributed by atoms with Gasteiger partial charge in [-0.1, -0.05) is 56.0 Å². The van der Waals surface area contributed by atoms with Crippen LogP contribution in [0.1, 0.15) is 25.2 Å². The Morgan fingerprint density at radius 3 is 1.41 bits per heavy atom. The molecule has 0 aliphatic rings. The summed E-state index contributed by atoms with van der Waals surface area (Å²) in [7, 11) is -6.87. The third kappa shape index (κ3) is 10.3. The summed E-state index contributed by atoms with van der Waals surface area (Å²) < 4.78 is 50.1. The van der Waals surface area contributed by atoms with Crippen LogP contribution in [0.15, 0.2) is 137 Å². The normalized spacial score (nSPS) is 11.5. The average molecular weight is 848 g/mol. The molecule has 0 unspecified atom stereocenters. The summed E-state index contributed by atoms with van der Waals surface area (Å²) in [6.07, 6.45) is 0. The van der Waals surface area contributed by atoms with E-state index in [9.17, 15) is 31.5 Å². The van der Waals surface area contributed by atoms with Gasteiger partial charge in [0.25, 0.3) is 16.9 Å². The van der Waals surface area contributed by atoms with Crippen molar-refractivity contribution in [2.45, 2.75) is 37.5 Å². The number of azo groups is 2. The SMILES string of the molecule is CCS(=O)(=O)c1ccc(N=Nc2c(C)[nH]n(-c3ccccc3)c2=O)c([O-])c1.CCS(=O)(=O)c1ccc(N=Nc2c(C)[nH]n(-c3ccccc3)c2=O)c([OH2+])c1.[Cr].[Na+]. The van der Waals surface area contributed by atoms with E-state index in [2.05, 4.69) is 30.7 Å². The topological polar surface area (TPSA) is 239 Å². The minimum atomic E-state index is -3.48. The average Bonchev–Trinajstić information content (AvgIpc) is 3.62. The fourth-order valence-corrected chi connectivity index (χ4v) is 6.74. The quantitative estimate of drug-likeness (QED) is 0.119.